The van der Waals surface area contributed by atoms with Crippen molar-refractivity contribution in [1.29, 1.82) is 0 Å². The summed E-state index contributed by atoms with van der Waals surface area (Å²) in [6.07, 6.45) is 1.50. The first-order chi connectivity index (χ1) is 14.2. The van der Waals surface area contributed by atoms with E-state index in [1.807, 2.05) is 48.5 Å². The number of nitrogens with one attached hydrogen (secondary N) is 1. The van der Waals surface area contributed by atoms with Gasteiger partial charge in [-0.15, -0.1) is 5.10 Å². The van der Waals surface area contributed by atoms with Gasteiger partial charge in [-0.05, 0) is 46.7 Å². The van der Waals surface area contributed by atoms with E-state index in [1.165, 1.54) is 11.0 Å². The van der Waals surface area contributed by atoms with Crippen molar-refractivity contribution < 1.29 is 4.79 Å². The molecule has 0 unspecified atom stereocenters. The van der Waals surface area contributed by atoms with Crippen LogP contribution in [0.15, 0.2) is 91.3 Å². The number of hydrogen-bond acceptors (Lipinski definition) is 4. The van der Waals surface area contributed by atoms with Crippen LogP contribution < -0.4 is 5.32 Å². The number of carbonyl (C=O) groups excluding carboxylic acids is 1. The number of carbonyl (C=O) groups is 1. The van der Waals surface area contributed by atoms with Crippen molar-refractivity contribution in [3.8, 4) is 5.69 Å². The monoisotopic (exact) mass is 383 g/mol. The minimum Gasteiger partial charge on any atom is -0.351 e. The summed E-state index contributed by atoms with van der Waals surface area (Å²) in [5, 5.41) is 14.3. The van der Waals surface area contributed by atoms with Crippen LogP contribution in [0.2, 0.25) is 0 Å². The molecular formula is C23H21N5O. The second kappa shape index (κ2) is 8.06. The Morgan fingerprint density at radius 1 is 0.931 bits per heavy atom. The van der Waals surface area contributed by atoms with Crippen LogP contribution in [0.1, 0.15) is 28.4 Å². The Labute approximate surface area is 169 Å². The van der Waals surface area contributed by atoms with E-state index in [2.05, 4.69) is 52.0 Å². The molecule has 6 nitrogen and oxygen atoms in total. The zero-order valence-corrected chi connectivity index (χ0v) is 16.1. The fraction of sp³-hybridized carbons (Fsp3) is 0.130. The van der Waals surface area contributed by atoms with E-state index in [0.717, 1.165) is 16.8 Å². The van der Waals surface area contributed by atoms with Crippen molar-refractivity contribution in [2.45, 2.75) is 12.3 Å². The van der Waals surface area contributed by atoms with Crippen LogP contribution in [0.25, 0.3) is 5.69 Å². The molecule has 0 spiro atoms. The maximum absolute atomic E-state index is 12.9. The van der Waals surface area contributed by atoms with Gasteiger partial charge in [0.05, 0.1) is 5.69 Å². The predicted molar refractivity (Wildman–Crippen MR) is 111 cm³/mol. The third-order valence-electron chi connectivity index (χ3n) is 5.15. The van der Waals surface area contributed by atoms with Crippen molar-refractivity contribution in [2.24, 2.45) is 0 Å². The molecule has 1 aromatic heterocycles. The Bertz CT molecular complexity index is 1040. The molecule has 0 saturated heterocycles. The molecule has 0 saturated carbocycles. The van der Waals surface area contributed by atoms with Crippen LogP contribution in [-0.2, 0) is 5.41 Å². The summed E-state index contributed by atoms with van der Waals surface area (Å²) in [4.78, 5) is 12.9. The molecule has 0 fully saturated rings. The van der Waals surface area contributed by atoms with E-state index in [4.69, 9.17) is 0 Å². The molecule has 0 radical (unpaired) electrons. The molecule has 0 aliphatic heterocycles. The van der Waals surface area contributed by atoms with E-state index in [-0.39, 0.29) is 11.3 Å². The minimum atomic E-state index is -0.356. The molecule has 1 amide bonds. The maximum atomic E-state index is 12.9. The molecule has 0 bridgehead atoms. The number of aromatic nitrogens is 4. The smallest absolute Gasteiger partial charge is 0.251 e. The fourth-order valence-corrected chi connectivity index (χ4v) is 3.41. The van der Waals surface area contributed by atoms with Gasteiger partial charge < -0.3 is 5.32 Å². The predicted octanol–water partition coefficient (Wildman–Crippen LogP) is 3.40. The highest BCUT2D eigenvalue weighted by Crippen LogP contribution is 2.31. The Balaban J connectivity index is 1.58. The van der Waals surface area contributed by atoms with Crippen molar-refractivity contribution in [3.63, 3.8) is 0 Å². The van der Waals surface area contributed by atoms with Gasteiger partial charge in [-0.1, -0.05) is 66.7 Å². The quantitative estimate of drug-likeness (QED) is 0.554. The Morgan fingerprint density at radius 2 is 1.59 bits per heavy atom. The first-order valence-corrected chi connectivity index (χ1v) is 9.39. The lowest BCUT2D eigenvalue weighted by Crippen LogP contribution is -2.39. The van der Waals surface area contributed by atoms with Gasteiger partial charge in [0, 0.05) is 17.5 Å². The van der Waals surface area contributed by atoms with Gasteiger partial charge in [0.1, 0.15) is 6.33 Å². The highest BCUT2D eigenvalue weighted by molar-refractivity contribution is 5.94. The van der Waals surface area contributed by atoms with E-state index >= 15 is 0 Å². The van der Waals surface area contributed by atoms with Crippen LogP contribution in [-0.4, -0.2) is 32.7 Å². The zero-order valence-electron chi connectivity index (χ0n) is 16.1. The lowest BCUT2D eigenvalue weighted by molar-refractivity contribution is 0.0947. The Kier molecular flexibility index (Phi) is 5.16. The molecule has 1 N–H and O–H groups in total. The largest absolute Gasteiger partial charge is 0.351 e. The van der Waals surface area contributed by atoms with E-state index < -0.39 is 0 Å². The number of amides is 1. The van der Waals surface area contributed by atoms with Crippen LogP contribution in [0.3, 0.4) is 0 Å². The van der Waals surface area contributed by atoms with Gasteiger partial charge in [0.2, 0.25) is 0 Å². The van der Waals surface area contributed by atoms with Gasteiger partial charge in [0.25, 0.3) is 5.91 Å². The summed E-state index contributed by atoms with van der Waals surface area (Å²) in [7, 11) is 0. The number of benzene rings is 3. The summed E-state index contributed by atoms with van der Waals surface area (Å²) in [5.74, 6) is -0.141. The SMILES string of the molecule is CC(CNC(=O)c1cccc(-n2cnnn2)c1)(c1ccccc1)c1ccccc1. The topological polar surface area (TPSA) is 72.7 Å². The first-order valence-electron chi connectivity index (χ1n) is 9.39. The molecule has 3 aromatic carbocycles. The maximum Gasteiger partial charge on any atom is 0.251 e. The lowest BCUT2D eigenvalue weighted by atomic mass is 9.76. The van der Waals surface area contributed by atoms with E-state index in [0.29, 0.717) is 12.1 Å². The van der Waals surface area contributed by atoms with Gasteiger partial charge in [0.15, 0.2) is 0 Å². The lowest BCUT2D eigenvalue weighted by Gasteiger charge is -2.31. The summed E-state index contributed by atoms with van der Waals surface area (Å²) in [5.41, 5.74) is 3.23. The van der Waals surface area contributed by atoms with Gasteiger partial charge in [-0.2, -0.15) is 0 Å². The van der Waals surface area contributed by atoms with Crippen LogP contribution in [0.4, 0.5) is 0 Å². The second-order valence-electron chi connectivity index (χ2n) is 7.05. The molecule has 0 atom stereocenters. The molecule has 4 rings (SSSR count). The highest BCUT2D eigenvalue weighted by atomic mass is 16.1. The third kappa shape index (κ3) is 3.91. The zero-order chi connectivity index (χ0) is 20.1. The fourth-order valence-electron chi connectivity index (χ4n) is 3.41. The molecule has 144 valence electrons. The molecule has 1 heterocycles. The average Bonchev–Trinajstić information content (AvgIpc) is 3.34. The van der Waals surface area contributed by atoms with Crippen molar-refractivity contribution in [1.82, 2.24) is 25.5 Å². The number of rotatable bonds is 6. The summed E-state index contributed by atoms with van der Waals surface area (Å²) >= 11 is 0. The highest BCUT2D eigenvalue weighted by Gasteiger charge is 2.29. The normalized spacial score (nSPS) is 11.2. The van der Waals surface area contributed by atoms with Gasteiger partial charge >= 0.3 is 0 Å². The van der Waals surface area contributed by atoms with Crippen molar-refractivity contribution in [2.75, 3.05) is 6.54 Å². The first kappa shape index (κ1) is 18.6. The van der Waals surface area contributed by atoms with Gasteiger partial charge in [-0.25, -0.2) is 4.68 Å². The van der Waals surface area contributed by atoms with Crippen molar-refractivity contribution in [3.05, 3.63) is 108 Å². The van der Waals surface area contributed by atoms with E-state index in [1.54, 1.807) is 12.1 Å². The standard InChI is InChI=1S/C23H21N5O/c1-23(19-10-4-2-5-11-19,20-12-6-3-7-13-20)16-24-22(29)18-9-8-14-21(15-18)28-17-25-26-27-28/h2-15,17H,16H2,1H3,(H,24,29). The number of hydrogen-bond donors (Lipinski definition) is 1. The Morgan fingerprint density at radius 3 is 2.17 bits per heavy atom. The third-order valence-corrected chi connectivity index (χ3v) is 5.15. The summed E-state index contributed by atoms with van der Waals surface area (Å²) < 4.78 is 1.52. The molecule has 4 aromatic rings. The molecule has 0 aliphatic carbocycles. The molecular weight excluding hydrogens is 362 g/mol. The van der Waals surface area contributed by atoms with Crippen LogP contribution in [0, 0.1) is 0 Å². The molecule has 6 heteroatoms. The minimum absolute atomic E-state index is 0.141. The summed E-state index contributed by atoms with van der Waals surface area (Å²) in [6, 6.07) is 27.7. The average molecular weight is 383 g/mol. The van der Waals surface area contributed by atoms with Crippen LogP contribution >= 0.6 is 0 Å². The molecule has 29 heavy (non-hydrogen) atoms. The summed E-state index contributed by atoms with van der Waals surface area (Å²) in [6.45, 7) is 2.62. The number of tetrazole rings is 1. The van der Waals surface area contributed by atoms with Gasteiger partial charge in [-0.3, -0.25) is 4.79 Å². The van der Waals surface area contributed by atoms with Crippen molar-refractivity contribution >= 4 is 5.91 Å². The van der Waals surface area contributed by atoms with E-state index in [9.17, 15) is 4.79 Å². The number of nitrogens with zero attached hydrogens (tertiary/aromatic N) is 4. The Hall–Kier alpha value is -3.80. The van der Waals surface area contributed by atoms with Crippen LogP contribution in [0.5, 0.6) is 0 Å². The second-order valence-corrected chi connectivity index (χ2v) is 7.05. The molecule has 0 aliphatic rings.